The number of unbranched alkanes of at least 4 members (excludes halogenated alkanes) is 1. The molecule has 2 amide bonds. The van der Waals surface area contributed by atoms with Crippen LogP contribution in [0.1, 0.15) is 41.9 Å². The fourth-order valence-electron chi connectivity index (χ4n) is 5.33. The monoisotopic (exact) mass is 711 g/mol. The summed E-state index contributed by atoms with van der Waals surface area (Å²) in [6.07, 6.45) is 2.74. The van der Waals surface area contributed by atoms with Gasteiger partial charge >= 0.3 is 12.1 Å². The lowest BCUT2D eigenvalue weighted by Gasteiger charge is -2.23. The van der Waals surface area contributed by atoms with Crippen molar-refractivity contribution in [3.63, 3.8) is 0 Å². The summed E-state index contributed by atoms with van der Waals surface area (Å²) >= 11 is 2.31. The summed E-state index contributed by atoms with van der Waals surface area (Å²) in [5.41, 5.74) is 11.0. The van der Waals surface area contributed by atoms with Crippen molar-refractivity contribution in [2.75, 3.05) is 26.9 Å². The van der Waals surface area contributed by atoms with Crippen LogP contribution in [-0.4, -0.2) is 56.9 Å². The third-order valence-corrected chi connectivity index (χ3v) is 8.44. The number of amides is 2. The molecule has 0 heterocycles. The largest absolute Gasteiger partial charge is 0.490 e. The molecular formula is C34H38IN3O6. The zero-order chi connectivity index (χ0) is 31.5. The zero-order valence-electron chi connectivity index (χ0n) is 24.7. The van der Waals surface area contributed by atoms with E-state index in [0.717, 1.165) is 31.4 Å². The molecule has 3 aromatic rings. The average Bonchev–Trinajstić information content (AvgIpc) is 3.37. The van der Waals surface area contributed by atoms with E-state index in [1.54, 1.807) is 18.2 Å². The van der Waals surface area contributed by atoms with Crippen LogP contribution in [0.5, 0.6) is 5.75 Å². The first-order valence-corrected chi connectivity index (χ1v) is 15.7. The third-order valence-electron chi connectivity index (χ3n) is 7.50. The Morgan fingerprint density at radius 3 is 2.45 bits per heavy atom. The topological polar surface area (TPSA) is 129 Å². The molecule has 232 valence electrons. The predicted octanol–water partition coefficient (Wildman–Crippen LogP) is 5.09. The molecular weight excluding hydrogens is 673 g/mol. The van der Waals surface area contributed by atoms with Gasteiger partial charge in [-0.2, -0.15) is 0 Å². The molecule has 0 spiro atoms. The van der Waals surface area contributed by atoms with Crippen LogP contribution in [0.3, 0.4) is 0 Å². The summed E-state index contributed by atoms with van der Waals surface area (Å²) in [6.45, 7) is 4.58. The van der Waals surface area contributed by atoms with Gasteiger partial charge in [0.25, 0.3) is 0 Å². The van der Waals surface area contributed by atoms with E-state index >= 15 is 0 Å². The number of rotatable bonds is 15. The Kier molecular flexibility index (Phi) is 12.2. The molecule has 0 aromatic heterocycles. The summed E-state index contributed by atoms with van der Waals surface area (Å²) < 4.78 is 17.3. The summed E-state index contributed by atoms with van der Waals surface area (Å²) in [4.78, 5) is 39.2. The standard InChI is InChI=1S/C34H38IN3O6/c1-3-19-43-23-16-14-22(15-17-23)20-30(33(40)42-2)37-32(39)29(13-6-7-18-36)38-34(41)44-21-27-25-10-5-4-9-24(25)26-11-8-12-28(35)31(26)27/h3-5,8-12,14-17,27,29-30H,1,6-7,13,18-21,36H2,2H3,(H,37,39)(H,38,41)/t27?,29-,30-/m0/s1. The van der Waals surface area contributed by atoms with Crippen molar-refractivity contribution in [1.82, 2.24) is 10.6 Å². The Morgan fingerprint density at radius 1 is 0.977 bits per heavy atom. The number of ether oxygens (including phenoxy) is 3. The second-order valence-electron chi connectivity index (χ2n) is 10.5. The number of nitrogens with one attached hydrogen (secondary N) is 2. The van der Waals surface area contributed by atoms with Gasteiger partial charge in [-0.15, -0.1) is 0 Å². The number of carbonyl (C=O) groups excluding carboxylic acids is 3. The van der Waals surface area contributed by atoms with E-state index in [-0.39, 0.29) is 18.9 Å². The van der Waals surface area contributed by atoms with Crippen LogP contribution in [0, 0.1) is 3.57 Å². The molecule has 0 bridgehead atoms. The minimum atomic E-state index is -0.962. The van der Waals surface area contributed by atoms with Crippen LogP contribution >= 0.6 is 22.6 Å². The Morgan fingerprint density at radius 2 is 1.73 bits per heavy atom. The number of alkyl carbamates (subject to hydrolysis) is 1. The minimum absolute atomic E-state index is 0.115. The average molecular weight is 712 g/mol. The highest BCUT2D eigenvalue weighted by molar-refractivity contribution is 14.1. The SMILES string of the molecule is C=CCOc1ccc(C[C@H](NC(=O)[C@H](CCCCN)NC(=O)OCC2c3ccccc3-c3cccc(I)c32)C(=O)OC)cc1. The lowest BCUT2D eigenvalue weighted by atomic mass is 9.98. The highest BCUT2D eigenvalue weighted by atomic mass is 127. The molecule has 1 unspecified atom stereocenters. The van der Waals surface area contributed by atoms with E-state index < -0.39 is 30.1 Å². The molecule has 0 saturated carbocycles. The lowest BCUT2D eigenvalue weighted by Crippen LogP contribution is -2.52. The highest BCUT2D eigenvalue weighted by Crippen LogP contribution is 2.46. The van der Waals surface area contributed by atoms with E-state index in [4.69, 9.17) is 19.9 Å². The maximum absolute atomic E-state index is 13.4. The van der Waals surface area contributed by atoms with Gasteiger partial charge in [0.15, 0.2) is 0 Å². The van der Waals surface area contributed by atoms with E-state index in [1.807, 2.05) is 36.4 Å². The third kappa shape index (κ3) is 8.38. The number of benzene rings is 3. The second kappa shape index (κ2) is 16.2. The number of esters is 1. The van der Waals surface area contributed by atoms with Crippen LogP contribution in [0.4, 0.5) is 4.79 Å². The molecule has 0 saturated heterocycles. The van der Waals surface area contributed by atoms with E-state index in [1.165, 1.54) is 7.11 Å². The zero-order valence-corrected chi connectivity index (χ0v) is 26.9. The van der Waals surface area contributed by atoms with Crippen molar-refractivity contribution in [3.05, 3.63) is 99.6 Å². The summed E-state index contributed by atoms with van der Waals surface area (Å²) in [6, 6.07) is 19.5. The number of fused-ring (bicyclic) bond motifs is 3. The van der Waals surface area contributed by atoms with Crippen molar-refractivity contribution < 1.29 is 28.6 Å². The molecule has 0 radical (unpaired) electrons. The number of nitrogens with two attached hydrogens (primary N) is 1. The van der Waals surface area contributed by atoms with Crippen molar-refractivity contribution in [2.45, 2.75) is 43.7 Å². The Bertz CT molecular complexity index is 1460. The van der Waals surface area contributed by atoms with Gasteiger partial charge in [0.1, 0.15) is 31.0 Å². The highest BCUT2D eigenvalue weighted by Gasteiger charge is 2.32. The summed E-state index contributed by atoms with van der Waals surface area (Å²) in [5, 5.41) is 5.49. The summed E-state index contributed by atoms with van der Waals surface area (Å²) in [5.74, 6) is -0.565. The molecule has 3 atom stereocenters. The summed E-state index contributed by atoms with van der Waals surface area (Å²) in [7, 11) is 1.27. The van der Waals surface area contributed by atoms with Gasteiger partial charge in [-0.05, 0) is 94.4 Å². The molecule has 4 rings (SSSR count). The molecule has 1 aliphatic rings. The minimum Gasteiger partial charge on any atom is -0.490 e. The van der Waals surface area contributed by atoms with Gasteiger partial charge < -0.3 is 30.6 Å². The van der Waals surface area contributed by atoms with E-state index in [9.17, 15) is 14.4 Å². The number of halogens is 1. The van der Waals surface area contributed by atoms with Gasteiger partial charge in [-0.3, -0.25) is 4.79 Å². The molecule has 1 aliphatic carbocycles. The molecule has 4 N–H and O–H groups in total. The van der Waals surface area contributed by atoms with Crippen molar-refractivity contribution in [2.24, 2.45) is 5.73 Å². The second-order valence-corrected chi connectivity index (χ2v) is 11.6. The molecule has 3 aromatic carbocycles. The molecule has 0 aliphatic heterocycles. The van der Waals surface area contributed by atoms with Crippen molar-refractivity contribution in [1.29, 1.82) is 0 Å². The first-order valence-electron chi connectivity index (χ1n) is 14.6. The quantitative estimate of drug-likeness (QED) is 0.0868. The van der Waals surface area contributed by atoms with Crippen molar-refractivity contribution >= 4 is 40.6 Å². The van der Waals surface area contributed by atoms with Crippen LogP contribution in [0.2, 0.25) is 0 Å². The van der Waals surface area contributed by atoms with Crippen molar-refractivity contribution in [3.8, 4) is 16.9 Å². The van der Waals surface area contributed by atoms with Crippen LogP contribution < -0.4 is 21.1 Å². The van der Waals surface area contributed by atoms with Crippen LogP contribution in [0.25, 0.3) is 11.1 Å². The van der Waals surface area contributed by atoms with E-state index in [0.29, 0.717) is 38.2 Å². The van der Waals surface area contributed by atoms with Gasteiger partial charge in [-0.25, -0.2) is 9.59 Å². The molecule has 10 heteroatoms. The van der Waals surface area contributed by atoms with Crippen LogP contribution in [-0.2, 0) is 25.5 Å². The number of carbonyl (C=O) groups is 3. The van der Waals surface area contributed by atoms with Gasteiger partial charge in [0, 0.05) is 15.9 Å². The Balaban J connectivity index is 1.42. The van der Waals surface area contributed by atoms with Gasteiger partial charge in [0.2, 0.25) is 5.91 Å². The first kappa shape index (κ1) is 33.0. The van der Waals surface area contributed by atoms with E-state index in [2.05, 4.69) is 58.0 Å². The number of hydrogen-bond acceptors (Lipinski definition) is 7. The maximum atomic E-state index is 13.4. The molecule has 9 nitrogen and oxygen atoms in total. The van der Waals surface area contributed by atoms with Crippen LogP contribution in [0.15, 0.2) is 79.4 Å². The van der Waals surface area contributed by atoms with Gasteiger partial charge in [-0.1, -0.05) is 61.2 Å². The Hall–Kier alpha value is -3.90. The molecule has 0 fully saturated rings. The number of methoxy groups -OCH3 is 1. The first-order chi connectivity index (χ1) is 21.4. The van der Waals surface area contributed by atoms with Gasteiger partial charge in [0.05, 0.1) is 7.11 Å². The normalized spacial score (nSPS) is 14.4. The Labute approximate surface area is 271 Å². The lowest BCUT2D eigenvalue weighted by molar-refractivity contribution is -0.145. The number of hydrogen-bond donors (Lipinski definition) is 3. The molecule has 44 heavy (non-hydrogen) atoms. The fraction of sp³-hybridized carbons (Fsp3) is 0.324. The fourth-order valence-corrected chi connectivity index (χ4v) is 6.20. The maximum Gasteiger partial charge on any atom is 0.407 e. The smallest absolute Gasteiger partial charge is 0.407 e. The predicted molar refractivity (Wildman–Crippen MR) is 177 cm³/mol.